The minimum absolute atomic E-state index is 0.405. The Hall–Kier alpha value is -1.64. The van der Waals surface area contributed by atoms with Crippen LogP contribution < -0.4 is 10.6 Å². The Kier molecular flexibility index (Phi) is 4.14. The molecule has 0 saturated carbocycles. The van der Waals surface area contributed by atoms with Crippen LogP contribution in [0, 0.1) is 0 Å². The largest absolute Gasteiger partial charge is 0.312 e. The van der Waals surface area contributed by atoms with E-state index < -0.39 is 0 Å². The predicted molar refractivity (Wildman–Crippen MR) is 84.7 cm³/mol. The Labute approximate surface area is 121 Å². The molecule has 0 spiro atoms. The zero-order valence-electron chi connectivity index (χ0n) is 12.0. The van der Waals surface area contributed by atoms with Gasteiger partial charge in [-0.2, -0.15) is 0 Å². The molecule has 2 N–H and O–H groups in total. The van der Waals surface area contributed by atoms with Gasteiger partial charge >= 0.3 is 0 Å². The normalized spacial score (nSPS) is 19.9. The second kappa shape index (κ2) is 6.21. The van der Waals surface area contributed by atoms with E-state index in [9.17, 15) is 0 Å². The van der Waals surface area contributed by atoms with Crippen LogP contribution in [0.5, 0.6) is 0 Å². The van der Waals surface area contributed by atoms with Gasteiger partial charge in [0.1, 0.15) is 0 Å². The van der Waals surface area contributed by atoms with Crippen molar-refractivity contribution in [3.63, 3.8) is 0 Å². The van der Waals surface area contributed by atoms with Gasteiger partial charge in [-0.15, -0.1) is 0 Å². The van der Waals surface area contributed by atoms with E-state index in [4.69, 9.17) is 0 Å². The fourth-order valence-electron chi connectivity index (χ4n) is 3.11. The standard InChI is InChI=1S/C18H22N2/c1-19-18(17-8-5-13-20-17)16-11-9-15(10-12-16)14-6-3-2-4-7-14/h2-4,6-7,9-12,17-20H,5,8,13H2,1H3. The van der Waals surface area contributed by atoms with Crippen molar-refractivity contribution < 1.29 is 0 Å². The van der Waals surface area contributed by atoms with Crippen LogP contribution >= 0.6 is 0 Å². The second-order valence-corrected chi connectivity index (χ2v) is 5.46. The third-order valence-electron chi connectivity index (χ3n) is 4.19. The molecule has 2 aromatic carbocycles. The van der Waals surface area contributed by atoms with E-state index in [1.54, 1.807) is 0 Å². The van der Waals surface area contributed by atoms with E-state index in [-0.39, 0.29) is 0 Å². The van der Waals surface area contributed by atoms with Crippen LogP contribution in [0.4, 0.5) is 0 Å². The van der Waals surface area contributed by atoms with Crippen molar-refractivity contribution in [1.82, 2.24) is 10.6 Å². The highest BCUT2D eigenvalue weighted by molar-refractivity contribution is 5.63. The zero-order chi connectivity index (χ0) is 13.8. The van der Waals surface area contributed by atoms with E-state index >= 15 is 0 Å². The molecular formula is C18H22N2. The van der Waals surface area contributed by atoms with Gasteiger partial charge in [0, 0.05) is 12.1 Å². The van der Waals surface area contributed by atoms with Crippen LogP contribution in [0.15, 0.2) is 54.6 Å². The lowest BCUT2D eigenvalue weighted by Crippen LogP contribution is -2.36. The molecule has 1 aliphatic heterocycles. The number of hydrogen-bond donors (Lipinski definition) is 2. The Balaban J connectivity index is 1.81. The summed E-state index contributed by atoms with van der Waals surface area (Å²) in [5.41, 5.74) is 3.93. The van der Waals surface area contributed by atoms with E-state index in [1.807, 2.05) is 0 Å². The van der Waals surface area contributed by atoms with E-state index in [0.29, 0.717) is 12.1 Å². The van der Waals surface area contributed by atoms with E-state index in [0.717, 1.165) is 6.54 Å². The van der Waals surface area contributed by atoms with Crippen LogP contribution in [0.3, 0.4) is 0 Å². The lowest BCUT2D eigenvalue weighted by atomic mass is 9.96. The molecule has 2 nitrogen and oxygen atoms in total. The molecule has 0 amide bonds. The fourth-order valence-corrected chi connectivity index (χ4v) is 3.11. The Morgan fingerprint density at radius 2 is 1.70 bits per heavy atom. The molecule has 0 bridgehead atoms. The van der Waals surface area contributed by atoms with Gasteiger partial charge in [-0.25, -0.2) is 0 Å². The monoisotopic (exact) mass is 266 g/mol. The van der Waals surface area contributed by atoms with Gasteiger partial charge in [-0.1, -0.05) is 54.6 Å². The van der Waals surface area contributed by atoms with Gasteiger partial charge in [0.25, 0.3) is 0 Å². The minimum Gasteiger partial charge on any atom is -0.312 e. The Bertz CT molecular complexity index is 527. The molecule has 2 atom stereocenters. The molecule has 1 saturated heterocycles. The lowest BCUT2D eigenvalue weighted by Gasteiger charge is -2.24. The topological polar surface area (TPSA) is 24.1 Å². The summed E-state index contributed by atoms with van der Waals surface area (Å²) in [5.74, 6) is 0. The molecule has 1 fully saturated rings. The molecule has 0 aromatic heterocycles. The van der Waals surface area contributed by atoms with Crippen molar-refractivity contribution in [2.75, 3.05) is 13.6 Å². The number of nitrogens with one attached hydrogen (secondary N) is 2. The van der Waals surface area contributed by atoms with Gasteiger partial charge < -0.3 is 10.6 Å². The molecule has 3 rings (SSSR count). The molecule has 0 aliphatic carbocycles. The van der Waals surface area contributed by atoms with Crippen LogP contribution in [0.1, 0.15) is 24.4 Å². The summed E-state index contributed by atoms with van der Waals surface area (Å²) in [7, 11) is 2.05. The molecule has 2 aromatic rings. The number of benzene rings is 2. The fraction of sp³-hybridized carbons (Fsp3) is 0.333. The van der Waals surface area contributed by atoms with Crippen molar-refractivity contribution in [3.05, 3.63) is 60.2 Å². The SMILES string of the molecule is CNC(c1ccc(-c2ccccc2)cc1)C1CCCN1. The van der Waals surface area contributed by atoms with Gasteiger partial charge in [0.05, 0.1) is 0 Å². The number of hydrogen-bond acceptors (Lipinski definition) is 2. The molecule has 1 heterocycles. The molecule has 1 aliphatic rings. The van der Waals surface area contributed by atoms with Crippen molar-refractivity contribution in [3.8, 4) is 11.1 Å². The number of likely N-dealkylation sites (N-methyl/N-ethyl adjacent to an activating group) is 1. The van der Waals surface area contributed by atoms with Crippen molar-refractivity contribution in [1.29, 1.82) is 0 Å². The van der Waals surface area contributed by atoms with Crippen molar-refractivity contribution in [2.24, 2.45) is 0 Å². The Morgan fingerprint density at radius 1 is 1.00 bits per heavy atom. The highest BCUT2D eigenvalue weighted by atomic mass is 15.0. The van der Waals surface area contributed by atoms with Gasteiger partial charge in [0.2, 0.25) is 0 Å². The highest BCUT2D eigenvalue weighted by Gasteiger charge is 2.24. The predicted octanol–water partition coefficient (Wildman–Crippen LogP) is 3.37. The third kappa shape index (κ3) is 2.77. The number of rotatable bonds is 4. The minimum atomic E-state index is 0.405. The summed E-state index contributed by atoms with van der Waals surface area (Å²) in [6, 6.07) is 20.5. The first-order valence-electron chi connectivity index (χ1n) is 7.44. The van der Waals surface area contributed by atoms with Crippen LogP contribution in [0.2, 0.25) is 0 Å². The molecule has 2 heteroatoms. The zero-order valence-corrected chi connectivity index (χ0v) is 12.0. The highest BCUT2D eigenvalue weighted by Crippen LogP contribution is 2.26. The van der Waals surface area contributed by atoms with E-state index in [2.05, 4.69) is 72.3 Å². The molecule has 2 unspecified atom stereocenters. The van der Waals surface area contributed by atoms with Gasteiger partial charge in [0.15, 0.2) is 0 Å². The summed E-state index contributed by atoms with van der Waals surface area (Å²) < 4.78 is 0. The van der Waals surface area contributed by atoms with Crippen molar-refractivity contribution in [2.45, 2.75) is 24.9 Å². The van der Waals surface area contributed by atoms with Crippen molar-refractivity contribution >= 4 is 0 Å². The average molecular weight is 266 g/mol. The van der Waals surface area contributed by atoms with E-state index in [1.165, 1.54) is 29.5 Å². The summed E-state index contributed by atoms with van der Waals surface area (Å²) in [6.45, 7) is 1.14. The first-order valence-corrected chi connectivity index (χ1v) is 7.44. The molecule has 104 valence electrons. The van der Waals surface area contributed by atoms with Crippen LogP contribution in [0.25, 0.3) is 11.1 Å². The smallest absolute Gasteiger partial charge is 0.0473 e. The quantitative estimate of drug-likeness (QED) is 0.886. The maximum Gasteiger partial charge on any atom is 0.0473 e. The summed E-state index contributed by atoms with van der Waals surface area (Å²) in [6.07, 6.45) is 2.54. The van der Waals surface area contributed by atoms with Gasteiger partial charge in [-0.05, 0) is 43.1 Å². The summed E-state index contributed by atoms with van der Waals surface area (Å²) in [4.78, 5) is 0. The average Bonchev–Trinajstić information content (AvgIpc) is 3.04. The first kappa shape index (κ1) is 13.3. The summed E-state index contributed by atoms with van der Waals surface area (Å²) >= 11 is 0. The lowest BCUT2D eigenvalue weighted by molar-refractivity contribution is 0.440. The summed E-state index contributed by atoms with van der Waals surface area (Å²) in [5, 5.41) is 7.05. The molecule has 0 radical (unpaired) electrons. The molecular weight excluding hydrogens is 244 g/mol. The van der Waals surface area contributed by atoms with Crippen LogP contribution in [-0.2, 0) is 0 Å². The van der Waals surface area contributed by atoms with Gasteiger partial charge in [-0.3, -0.25) is 0 Å². The third-order valence-corrected chi connectivity index (χ3v) is 4.19. The Morgan fingerprint density at radius 3 is 2.30 bits per heavy atom. The maximum absolute atomic E-state index is 3.59. The molecule has 20 heavy (non-hydrogen) atoms. The first-order chi connectivity index (χ1) is 9.88. The maximum atomic E-state index is 3.59. The van der Waals surface area contributed by atoms with Crippen LogP contribution in [-0.4, -0.2) is 19.6 Å². The second-order valence-electron chi connectivity index (χ2n) is 5.46.